The molecule has 10 nitrogen and oxygen atoms in total. The summed E-state index contributed by atoms with van der Waals surface area (Å²) < 4.78 is 60.6. The summed E-state index contributed by atoms with van der Waals surface area (Å²) in [5.74, 6) is 1.38. The summed E-state index contributed by atoms with van der Waals surface area (Å²) >= 11 is 0. The van der Waals surface area contributed by atoms with E-state index < -0.39 is 18.5 Å². The smallest absolute Gasteiger partial charge is 0.401 e. The predicted octanol–water partition coefficient (Wildman–Crippen LogP) is 5.15. The van der Waals surface area contributed by atoms with Crippen LogP contribution >= 0.6 is 0 Å². The third-order valence-corrected chi connectivity index (χ3v) is 8.43. The van der Waals surface area contributed by atoms with Gasteiger partial charge < -0.3 is 19.7 Å². The number of rotatable bonds is 8. The Kier molecular flexibility index (Phi) is 9.54. The quantitative estimate of drug-likeness (QED) is 0.265. The molecule has 1 N–H and O–H groups in total. The molecule has 14 heteroatoms. The van der Waals surface area contributed by atoms with Crippen LogP contribution in [0, 0.1) is 11.2 Å². The van der Waals surface area contributed by atoms with Crippen molar-refractivity contribution in [1.82, 2.24) is 30.4 Å². The lowest BCUT2D eigenvalue weighted by atomic mass is 9.61. The van der Waals surface area contributed by atoms with Crippen LogP contribution in [0.15, 0.2) is 36.8 Å². The SMILES string of the molecule is CC(C)N(C)CC(F)(F)F.CC1NCCc2nccc(OC3CC4(C3)CN(c3ncnnc3Oc3ccc(F)cc3C=O)C4)c21. The second kappa shape index (κ2) is 13.2. The lowest BCUT2D eigenvalue weighted by molar-refractivity contribution is -0.146. The number of carbonyl (C=O) groups is 1. The molecular weight excluding hydrogens is 594 g/mol. The molecule has 4 heterocycles. The fourth-order valence-corrected chi connectivity index (χ4v) is 5.93. The van der Waals surface area contributed by atoms with Gasteiger partial charge >= 0.3 is 6.18 Å². The van der Waals surface area contributed by atoms with Gasteiger partial charge in [-0.25, -0.2) is 9.37 Å². The number of aldehydes is 1. The van der Waals surface area contributed by atoms with E-state index >= 15 is 0 Å². The molecule has 0 radical (unpaired) electrons. The first-order chi connectivity index (χ1) is 21.4. The zero-order chi connectivity index (χ0) is 32.4. The number of benzene rings is 1. The number of ether oxygens (including phenoxy) is 2. The number of anilines is 1. The summed E-state index contributed by atoms with van der Waals surface area (Å²) in [6.45, 7) is 7.32. The minimum Gasteiger partial charge on any atom is -0.490 e. The summed E-state index contributed by atoms with van der Waals surface area (Å²) in [6.07, 6.45) is 2.70. The Morgan fingerprint density at radius 2 is 1.93 bits per heavy atom. The van der Waals surface area contributed by atoms with Crippen molar-refractivity contribution in [2.24, 2.45) is 5.41 Å². The Bertz CT molecular complexity index is 1490. The zero-order valence-corrected chi connectivity index (χ0v) is 25.6. The molecule has 3 aliphatic rings. The number of carbonyl (C=O) groups excluding carboxylic acids is 1. The first-order valence-electron chi connectivity index (χ1n) is 14.9. The van der Waals surface area contributed by atoms with Gasteiger partial charge in [-0.05, 0) is 64.9 Å². The molecule has 1 aliphatic carbocycles. The number of fused-ring (bicyclic) bond motifs is 1. The molecule has 1 spiro atoms. The molecule has 6 rings (SSSR count). The molecule has 1 saturated carbocycles. The van der Waals surface area contributed by atoms with Crippen LogP contribution < -0.4 is 19.7 Å². The summed E-state index contributed by atoms with van der Waals surface area (Å²) in [5.41, 5.74) is 2.58. The minimum atomic E-state index is -4.07. The summed E-state index contributed by atoms with van der Waals surface area (Å²) in [6, 6.07) is 5.91. The van der Waals surface area contributed by atoms with Gasteiger partial charge in [-0.15, -0.1) is 10.2 Å². The fraction of sp³-hybridized carbons (Fsp3) is 0.516. The second-order valence-electron chi connectivity index (χ2n) is 12.2. The molecule has 45 heavy (non-hydrogen) atoms. The topological polar surface area (TPSA) is 106 Å². The van der Waals surface area contributed by atoms with Gasteiger partial charge in [0, 0.05) is 55.3 Å². The van der Waals surface area contributed by atoms with Crippen LogP contribution in [-0.2, 0) is 6.42 Å². The number of hydrogen-bond acceptors (Lipinski definition) is 10. The van der Waals surface area contributed by atoms with Crippen molar-refractivity contribution in [3.05, 3.63) is 59.4 Å². The van der Waals surface area contributed by atoms with Crippen molar-refractivity contribution < 1.29 is 31.8 Å². The monoisotopic (exact) mass is 631 g/mol. The van der Waals surface area contributed by atoms with Crippen molar-refractivity contribution in [1.29, 1.82) is 0 Å². The van der Waals surface area contributed by atoms with E-state index in [2.05, 4.69) is 37.3 Å². The molecule has 2 fully saturated rings. The Labute approximate surface area is 259 Å². The van der Waals surface area contributed by atoms with Crippen LogP contribution in [0.25, 0.3) is 0 Å². The maximum absolute atomic E-state index is 13.5. The highest BCUT2D eigenvalue weighted by Gasteiger charge is 2.54. The van der Waals surface area contributed by atoms with Crippen LogP contribution in [0.1, 0.15) is 61.3 Å². The van der Waals surface area contributed by atoms with Gasteiger partial charge in [0.05, 0.1) is 17.8 Å². The average molecular weight is 632 g/mol. The molecule has 1 atom stereocenters. The number of nitrogens with one attached hydrogen (secondary N) is 1. The molecule has 1 unspecified atom stereocenters. The van der Waals surface area contributed by atoms with E-state index in [4.69, 9.17) is 9.47 Å². The third-order valence-electron chi connectivity index (χ3n) is 8.43. The Balaban J connectivity index is 0.000000348. The standard InChI is InChI=1S/C25H25FN6O3.C6H12F3N/c1-15-22-19(4-6-27-15)28-7-5-21(22)34-18-9-25(10-18)12-32(13-25)23-24(31-30-14-29-23)35-20-3-2-17(26)8-16(20)11-33;1-5(2)10(3)4-6(7,8)9/h2-3,5,7-8,11,14-15,18,27H,4,6,9-10,12-13H2,1H3;5H,4H2,1-3H3. The number of aromatic nitrogens is 4. The van der Waals surface area contributed by atoms with Gasteiger partial charge in [0.25, 0.3) is 5.88 Å². The second-order valence-corrected chi connectivity index (χ2v) is 12.2. The molecule has 1 saturated heterocycles. The average Bonchev–Trinajstić information content (AvgIpc) is 2.94. The Morgan fingerprint density at radius 1 is 1.18 bits per heavy atom. The van der Waals surface area contributed by atoms with E-state index in [0.717, 1.165) is 56.4 Å². The lowest BCUT2D eigenvalue weighted by Crippen LogP contribution is -2.65. The lowest BCUT2D eigenvalue weighted by Gasteiger charge is -2.58. The van der Waals surface area contributed by atoms with E-state index in [1.165, 1.54) is 36.0 Å². The zero-order valence-electron chi connectivity index (χ0n) is 25.6. The molecule has 2 aromatic heterocycles. The Morgan fingerprint density at radius 3 is 2.60 bits per heavy atom. The molecular formula is C31H37F4N7O3. The van der Waals surface area contributed by atoms with Crippen molar-refractivity contribution in [3.8, 4) is 17.4 Å². The molecule has 2 aliphatic heterocycles. The van der Waals surface area contributed by atoms with Gasteiger partial charge in [0.2, 0.25) is 0 Å². The van der Waals surface area contributed by atoms with E-state index in [-0.39, 0.29) is 40.8 Å². The summed E-state index contributed by atoms with van der Waals surface area (Å²) in [7, 11) is 1.46. The van der Waals surface area contributed by atoms with Crippen molar-refractivity contribution in [2.45, 2.75) is 64.4 Å². The van der Waals surface area contributed by atoms with Gasteiger partial charge in [-0.3, -0.25) is 14.7 Å². The predicted molar refractivity (Wildman–Crippen MR) is 158 cm³/mol. The van der Waals surface area contributed by atoms with Gasteiger partial charge in [-0.2, -0.15) is 13.2 Å². The Hall–Kier alpha value is -3.91. The van der Waals surface area contributed by atoms with E-state index in [9.17, 15) is 22.4 Å². The van der Waals surface area contributed by atoms with Gasteiger partial charge in [-0.1, -0.05) is 0 Å². The van der Waals surface area contributed by atoms with Gasteiger partial charge in [0.1, 0.15) is 29.7 Å². The first kappa shape index (κ1) is 32.5. The van der Waals surface area contributed by atoms with Crippen molar-refractivity contribution in [3.63, 3.8) is 0 Å². The highest BCUT2D eigenvalue weighted by molar-refractivity contribution is 5.79. The van der Waals surface area contributed by atoms with Crippen molar-refractivity contribution >= 4 is 12.1 Å². The normalized spacial score (nSPS) is 18.9. The van der Waals surface area contributed by atoms with Crippen molar-refractivity contribution in [2.75, 3.05) is 38.1 Å². The number of pyridine rings is 1. The molecule has 1 aromatic carbocycles. The third kappa shape index (κ3) is 7.67. The van der Waals surface area contributed by atoms with Gasteiger partial charge in [0.15, 0.2) is 12.1 Å². The van der Waals surface area contributed by atoms with Crippen LogP contribution in [0.3, 0.4) is 0 Å². The van der Waals surface area contributed by atoms with Crippen LogP contribution in [0.2, 0.25) is 0 Å². The van der Waals surface area contributed by atoms with Crippen LogP contribution in [0.4, 0.5) is 23.4 Å². The molecule has 0 amide bonds. The number of hydrogen-bond donors (Lipinski definition) is 1. The summed E-state index contributed by atoms with van der Waals surface area (Å²) in [5, 5.41) is 11.4. The first-order valence-corrected chi connectivity index (χ1v) is 14.9. The van der Waals surface area contributed by atoms with Crippen LogP contribution in [-0.4, -0.2) is 82.9 Å². The van der Waals surface area contributed by atoms with E-state index in [1.807, 2.05) is 12.3 Å². The van der Waals surface area contributed by atoms with Crippen LogP contribution in [0.5, 0.6) is 17.4 Å². The largest absolute Gasteiger partial charge is 0.490 e. The fourth-order valence-electron chi connectivity index (χ4n) is 5.93. The highest BCUT2D eigenvalue weighted by atomic mass is 19.4. The highest BCUT2D eigenvalue weighted by Crippen LogP contribution is 2.52. The minimum absolute atomic E-state index is 0.0541. The number of nitrogens with zero attached hydrogens (tertiary/aromatic N) is 6. The molecule has 0 bridgehead atoms. The number of halogens is 4. The van der Waals surface area contributed by atoms with E-state index in [0.29, 0.717) is 12.1 Å². The van der Waals surface area contributed by atoms with E-state index in [1.54, 1.807) is 13.8 Å². The maximum Gasteiger partial charge on any atom is 0.401 e. The molecule has 3 aromatic rings. The number of alkyl halides is 3. The molecule has 242 valence electrons. The maximum atomic E-state index is 13.5. The summed E-state index contributed by atoms with van der Waals surface area (Å²) in [4.78, 5) is 23.6.